The van der Waals surface area contributed by atoms with E-state index in [2.05, 4.69) is 4.98 Å². The third-order valence-electron chi connectivity index (χ3n) is 2.51. The molecule has 0 amide bonds. The highest BCUT2D eigenvalue weighted by atomic mass is 35.5. The van der Waals surface area contributed by atoms with Crippen LogP contribution in [0, 0.1) is 13.8 Å². The second-order valence-corrected chi connectivity index (χ2v) is 3.80. The molecule has 14 heavy (non-hydrogen) atoms. The normalized spacial score (nSPS) is 10.8. The molecule has 1 aromatic carbocycles. The summed E-state index contributed by atoms with van der Waals surface area (Å²) in [5.74, 6) is 0. The molecule has 0 saturated carbocycles. The molecule has 1 heterocycles. The maximum atomic E-state index is 11.1. The number of H-pyrrole nitrogens is 1. The highest BCUT2D eigenvalue weighted by Gasteiger charge is 2.10. The number of aromatic nitrogens is 1. The number of hydrogen-bond donors (Lipinski definition) is 1. The minimum Gasteiger partial charge on any atom is -0.360 e. The van der Waals surface area contributed by atoms with Gasteiger partial charge in [-0.05, 0) is 48.7 Å². The molecule has 3 heteroatoms. The number of fused-ring (bicyclic) bond motifs is 1. The Labute approximate surface area is 86.9 Å². The molecule has 0 atom stereocenters. The van der Waals surface area contributed by atoms with Crippen molar-refractivity contribution >= 4 is 27.7 Å². The molecule has 0 bridgehead atoms. The van der Waals surface area contributed by atoms with Crippen LogP contribution in [-0.4, -0.2) is 10.2 Å². The van der Waals surface area contributed by atoms with Gasteiger partial charge >= 0.3 is 0 Å². The van der Waals surface area contributed by atoms with E-state index in [0.717, 1.165) is 16.5 Å². The first-order valence-electron chi connectivity index (χ1n) is 4.38. The van der Waals surface area contributed by atoms with E-state index in [1.54, 1.807) is 6.20 Å². The minimum atomic E-state index is -0.417. The molecule has 0 aliphatic rings. The van der Waals surface area contributed by atoms with Crippen LogP contribution in [0.15, 0.2) is 18.3 Å². The number of benzene rings is 1. The van der Waals surface area contributed by atoms with Crippen molar-refractivity contribution in [2.75, 3.05) is 0 Å². The topological polar surface area (TPSA) is 32.9 Å². The molecule has 1 aromatic heterocycles. The predicted molar refractivity (Wildman–Crippen MR) is 58.0 cm³/mol. The minimum absolute atomic E-state index is 0.417. The Morgan fingerprint density at radius 2 is 1.93 bits per heavy atom. The fourth-order valence-corrected chi connectivity index (χ4v) is 1.71. The molecule has 0 saturated heterocycles. The van der Waals surface area contributed by atoms with Crippen LogP contribution in [0.5, 0.6) is 0 Å². The molecule has 0 aliphatic carbocycles. The summed E-state index contributed by atoms with van der Waals surface area (Å²) in [7, 11) is 0. The molecular weight excluding hydrogens is 198 g/mol. The summed E-state index contributed by atoms with van der Waals surface area (Å²) in [6, 6.07) is 4.00. The Balaban J connectivity index is 2.80. The zero-order valence-electron chi connectivity index (χ0n) is 8.02. The maximum Gasteiger partial charge on any atom is 0.254 e. The van der Waals surface area contributed by atoms with Crippen LogP contribution >= 0.6 is 11.6 Å². The molecular formula is C11H10ClNO. The standard InChI is InChI=1S/C11H10ClNO/c1-6-3-8-9(11(12)14)5-13-10(8)4-7(6)2/h3-5,13H,1-2H3. The number of aryl methyl sites for hydroxylation is 2. The monoisotopic (exact) mass is 207 g/mol. The van der Waals surface area contributed by atoms with E-state index in [0.29, 0.717) is 5.56 Å². The summed E-state index contributed by atoms with van der Waals surface area (Å²) in [5, 5.41) is 0.479. The second kappa shape index (κ2) is 3.14. The lowest BCUT2D eigenvalue weighted by Crippen LogP contribution is -1.86. The van der Waals surface area contributed by atoms with Crippen LogP contribution in [0.2, 0.25) is 0 Å². The zero-order valence-corrected chi connectivity index (χ0v) is 8.77. The summed E-state index contributed by atoms with van der Waals surface area (Å²) in [6.07, 6.45) is 1.65. The van der Waals surface area contributed by atoms with Gasteiger partial charge in [-0.15, -0.1) is 0 Å². The van der Waals surface area contributed by atoms with E-state index in [-0.39, 0.29) is 0 Å². The van der Waals surface area contributed by atoms with E-state index in [1.165, 1.54) is 5.56 Å². The summed E-state index contributed by atoms with van der Waals surface area (Å²) in [6.45, 7) is 4.06. The lowest BCUT2D eigenvalue weighted by Gasteiger charge is -2.00. The summed E-state index contributed by atoms with van der Waals surface area (Å²) >= 11 is 5.46. The van der Waals surface area contributed by atoms with Gasteiger partial charge in [0.25, 0.3) is 5.24 Å². The molecule has 0 spiro atoms. The van der Waals surface area contributed by atoms with Crippen LogP contribution in [0.4, 0.5) is 0 Å². The first kappa shape index (κ1) is 9.28. The van der Waals surface area contributed by atoms with Crippen molar-refractivity contribution in [1.82, 2.24) is 4.98 Å². The molecule has 2 nitrogen and oxygen atoms in total. The van der Waals surface area contributed by atoms with E-state index in [1.807, 2.05) is 26.0 Å². The van der Waals surface area contributed by atoms with Crippen molar-refractivity contribution in [3.8, 4) is 0 Å². The Kier molecular flexibility index (Phi) is 2.08. The number of nitrogens with one attached hydrogen (secondary N) is 1. The number of aromatic amines is 1. The molecule has 2 aromatic rings. The molecule has 0 fully saturated rings. The number of rotatable bonds is 1. The average Bonchev–Trinajstić information content (AvgIpc) is 2.48. The van der Waals surface area contributed by atoms with Gasteiger partial charge in [0, 0.05) is 17.1 Å². The molecule has 72 valence electrons. The van der Waals surface area contributed by atoms with Crippen LogP contribution < -0.4 is 0 Å². The third kappa shape index (κ3) is 1.32. The van der Waals surface area contributed by atoms with Crippen LogP contribution in [-0.2, 0) is 0 Å². The summed E-state index contributed by atoms with van der Waals surface area (Å²) in [4.78, 5) is 14.1. The average molecular weight is 208 g/mol. The van der Waals surface area contributed by atoms with Crippen molar-refractivity contribution < 1.29 is 4.79 Å². The Hall–Kier alpha value is -1.28. The van der Waals surface area contributed by atoms with E-state index in [9.17, 15) is 4.79 Å². The predicted octanol–water partition coefficient (Wildman–Crippen LogP) is 3.16. The van der Waals surface area contributed by atoms with Crippen molar-refractivity contribution in [1.29, 1.82) is 0 Å². The molecule has 0 unspecified atom stereocenters. The Bertz CT molecular complexity index is 513. The van der Waals surface area contributed by atoms with Gasteiger partial charge in [0.15, 0.2) is 0 Å². The van der Waals surface area contributed by atoms with Gasteiger partial charge in [-0.1, -0.05) is 0 Å². The largest absolute Gasteiger partial charge is 0.360 e. The number of halogens is 1. The lowest BCUT2D eigenvalue weighted by atomic mass is 10.1. The van der Waals surface area contributed by atoms with Gasteiger partial charge in [-0.25, -0.2) is 0 Å². The molecule has 0 aliphatic heterocycles. The van der Waals surface area contributed by atoms with Crippen LogP contribution in [0.3, 0.4) is 0 Å². The summed E-state index contributed by atoms with van der Waals surface area (Å²) in [5.41, 5.74) is 3.87. The van der Waals surface area contributed by atoms with Gasteiger partial charge in [0.2, 0.25) is 0 Å². The smallest absolute Gasteiger partial charge is 0.254 e. The van der Waals surface area contributed by atoms with Crippen molar-refractivity contribution in [3.05, 3.63) is 35.0 Å². The third-order valence-corrected chi connectivity index (χ3v) is 2.71. The van der Waals surface area contributed by atoms with Gasteiger partial charge in [-0.2, -0.15) is 0 Å². The first-order chi connectivity index (χ1) is 6.59. The first-order valence-corrected chi connectivity index (χ1v) is 4.75. The van der Waals surface area contributed by atoms with Gasteiger partial charge < -0.3 is 4.98 Å². The van der Waals surface area contributed by atoms with Crippen LogP contribution in [0.1, 0.15) is 21.5 Å². The summed E-state index contributed by atoms with van der Waals surface area (Å²) < 4.78 is 0. The second-order valence-electron chi connectivity index (χ2n) is 3.46. The van der Waals surface area contributed by atoms with Crippen molar-refractivity contribution in [2.24, 2.45) is 0 Å². The number of carbonyl (C=O) groups excluding carboxylic acids is 1. The fourth-order valence-electron chi connectivity index (χ4n) is 1.55. The highest BCUT2D eigenvalue weighted by molar-refractivity contribution is 6.68. The van der Waals surface area contributed by atoms with Crippen molar-refractivity contribution in [2.45, 2.75) is 13.8 Å². The van der Waals surface area contributed by atoms with Gasteiger partial charge in [-0.3, -0.25) is 4.79 Å². The molecule has 1 N–H and O–H groups in total. The van der Waals surface area contributed by atoms with Crippen LogP contribution in [0.25, 0.3) is 10.9 Å². The van der Waals surface area contributed by atoms with E-state index < -0.39 is 5.24 Å². The molecule has 0 radical (unpaired) electrons. The highest BCUT2D eigenvalue weighted by Crippen LogP contribution is 2.23. The molecule has 2 rings (SSSR count). The maximum absolute atomic E-state index is 11.1. The zero-order chi connectivity index (χ0) is 10.3. The number of carbonyl (C=O) groups is 1. The lowest BCUT2D eigenvalue weighted by molar-refractivity contribution is 0.108. The number of hydrogen-bond acceptors (Lipinski definition) is 1. The van der Waals surface area contributed by atoms with E-state index >= 15 is 0 Å². The van der Waals surface area contributed by atoms with Gasteiger partial charge in [0.1, 0.15) is 0 Å². The quantitative estimate of drug-likeness (QED) is 0.716. The Morgan fingerprint density at radius 1 is 1.29 bits per heavy atom. The van der Waals surface area contributed by atoms with E-state index in [4.69, 9.17) is 11.6 Å². The van der Waals surface area contributed by atoms with Crippen molar-refractivity contribution in [3.63, 3.8) is 0 Å². The SMILES string of the molecule is Cc1cc2[nH]cc(C(=O)Cl)c2cc1C. The van der Waals surface area contributed by atoms with Gasteiger partial charge in [0.05, 0.1) is 5.56 Å². The fraction of sp³-hybridized carbons (Fsp3) is 0.182. The Morgan fingerprint density at radius 3 is 2.57 bits per heavy atom.